The van der Waals surface area contributed by atoms with Crippen molar-refractivity contribution in [1.29, 1.82) is 0 Å². The SMILES string of the molecule is CCCCCOC(=O)OCCOP(N)(=O)OCCOC(=O)OCCCCC. The van der Waals surface area contributed by atoms with E-state index in [0.717, 1.165) is 38.5 Å². The lowest BCUT2D eigenvalue weighted by molar-refractivity contribution is 0.0373. The van der Waals surface area contributed by atoms with E-state index in [1.807, 2.05) is 13.8 Å². The van der Waals surface area contributed by atoms with Crippen molar-refractivity contribution in [2.45, 2.75) is 52.4 Å². The molecule has 0 rings (SSSR count). The molecule has 27 heavy (non-hydrogen) atoms. The van der Waals surface area contributed by atoms with E-state index in [4.69, 9.17) is 33.5 Å². The summed E-state index contributed by atoms with van der Waals surface area (Å²) in [6, 6.07) is 0. The molecule has 160 valence electrons. The van der Waals surface area contributed by atoms with Crippen molar-refractivity contribution in [2.75, 3.05) is 39.6 Å². The van der Waals surface area contributed by atoms with Gasteiger partial charge in [-0.2, -0.15) is 0 Å². The van der Waals surface area contributed by atoms with Crippen LogP contribution in [0.1, 0.15) is 52.4 Å². The zero-order valence-electron chi connectivity index (χ0n) is 16.2. The molecule has 0 radical (unpaired) electrons. The van der Waals surface area contributed by atoms with Gasteiger partial charge >= 0.3 is 20.1 Å². The Balaban J connectivity index is 3.64. The maximum Gasteiger partial charge on any atom is 0.508 e. The zero-order valence-corrected chi connectivity index (χ0v) is 17.1. The molecule has 0 atom stereocenters. The van der Waals surface area contributed by atoms with Gasteiger partial charge in [-0.15, -0.1) is 0 Å². The quantitative estimate of drug-likeness (QED) is 0.226. The van der Waals surface area contributed by atoms with Crippen molar-refractivity contribution in [1.82, 2.24) is 0 Å². The van der Waals surface area contributed by atoms with Crippen molar-refractivity contribution in [2.24, 2.45) is 5.50 Å². The fraction of sp³-hybridized carbons (Fsp3) is 0.875. The van der Waals surface area contributed by atoms with Gasteiger partial charge in [-0.1, -0.05) is 39.5 Å². The highest BCUT2D eigenvalue weighted by Crippen LogP contribution is 2.38. The molecule has 11 heteroatoms. The Morgan fingerprint density at radius 2 is 1.04 bits per heavy atom. The van der Waals surface area contributed by atoms with Crippen molar-refractivity contribution < 1.29 is 42.1 Å². The Labute approximate surface area is 160 Å². The van der Waals surface area contributed by atoms with Crippen LogP contribution in [0.2, 0.25) is 0 Å². The number of ether oxygens (including phenoxy) is 4. The first-order valence-corrected chi connectivity index (χ1v) is 10.8. The second-order valence-corrected chi connectivity index (χ2v) is 7.11. The third-order valence-electron chi connectivity index (χ3n) is 3.08. The van der Waals surface area contributed by atoms with Crippen molar-refractivity contribution in [3.63, 3.8) is 0 Å². The van der Waals surface area contributed by atoms with Crippen LogP contribution in [0.4, 0.5) is 9.59 Å². The molecule has 0 aromatic heterocycles. The monoisotopic (exact) mass is 413 g/mol. The molecule has 0 unspecified atom stereocenters. The summed E-state index contributed by atoms with van der Waals surface area (Å²) in [6.07, 6.45) is 3.84. The molecule has 0 aromatic rings. The fourth-order valence-corrected chi connectivity index (χ4v) is 2.45. The predicted molar refractivity (Wildman–Crippen MR) is 97.3 cm³/mol. The van der Waals surface area contributed by atoms with Crippen LogP contribution in [0.5, 0.6) is 0 Å². The molecule has 0 amide bonds. The molecule has 0 aliphatic heterocycles. The third kappa shape index (κ3) is 17.8. The van der Waals surface area contributed by atoms with Gasteiger partial charge in [-0.05, 0) is 12.8 Å². The number of nitrogens with two attached hydrogens (primary N) is 1. The van der Waals surface area contributed by atoms with Crippen molar-refractivity contribution in [3.05, 3.63) is 0 Å². The smallest absolute Gasteiger partial charge is 0.434 e. The predicted octanol–water partition coefficient (Wildman–Crippen LogP) is 3.77. The minimum atomic E-state index is -3.84. The third-order valence-corrected chi connectivity index (χ3v) is 4.17. The van der Waals surface area contributed by atoms with Gasteiger partial charge < -0.3 is 18.9 Å². The van der Waals surface area contributed by atoms with Gasteiger partial charge in [-0.25, -0.2) is 19.7 Å². The van der Waals surface area contributed by atoms with E-state index < -0.39 is 20.1 Å². The molecule has 0 fully saturated rings. The van der Waals surface area contributed by atoms with Gasteiger partial charge in [0.1, 0.15) is 13.2 Å². The summed E-state index contributed by atoms with van der Waals surface area (Å²) in [4.78, 5) is 22.4. The van der Waals surface area contributed by atoms with E-state index in [9.17, 15) is 14.2 Å². The summed E-state index contributed by atoms with van der Waals surface area (Å²) in [5, 5.41) is 0. The van der Waals surface area contributed by atoms with Crippen LogP contribution >= 0.6 is 7.75 Å². The molecule has 0 bridgehead atoms. The molecule has 0 saturated heterocycles. The van der Waals surface area contributed by atoms with E-state index in [1.54, 1.807) is 0 Å². The Morgan fingerprint density at radius 3 is 1.41 bits per heavy atom. The molecule has 0 aromatic carbocycles. The Kier molecular flexibility index (Phi) is 16.0. The Morgan fingerprint density at radius 1 is 0.667 bits per heavy atom. The minimum absolute atomic E-state index is 0.183. The van der Waals surface area contributed by atoms with E-state index in [1.165, 1.54) is 0 Å². The molecule has 0 saturated carbocycles. The van der Waals surface area contributed by atoms with Gasteiger partial charge in [0.2, 0.25) is 0 Å². The lowest BCUT2D eigenvalue weighted by Crippen LogP contribution is -2.16. The number of hydrogen-bond donors (Lipinski definition) is 1. The summed E-state index contributed by atoms with van der Waals surface area (Å²) in [7, 11) is -3.84. The standard InChI is InChI=1S/C16H32NO9P/c1-3-5-7-9-21-15(18)23-11-13-25-27(17,20)26-14-12-24-16(19)22-10-8-6-4-2/h3-14H2,1-2H3,(H2,17,20). The van der Waals surface area contributed by atoms with E-state index >= 15 is 0 Å². The largest absolute Gasteiger partial charge is 0.508 e. The summed E-state index contributed by atoms with van der Waals surface area (Å²) in [6.45, 7) is 3.83. The van der Waals surface area contributed by atoms with Crippen LogP contribution < -0.4 is 5.50 Å². The van der Waals surface area contributed by atoms with Gasteiger partial charge in [-0.3, -0.25) is 9.05 Å². The molecule has 0 spiro atoms. The summed E-state index contributed by atoms with van der Waals surface area (Å²) >= 11 is 0. The maximum atomic E-state index is 11.8. The van der Waals surface area contributed by atoms with E-state index in [0.29, 0.717) is 0 Å². The summed E-state index contributed by atoms with van der Waals surface area (Å²) in [5.41, 5.74) is 5.35. The molecule has 0 aliphatic carbocycles. The van der Waals surface area contributed by atoms with Crippen molar-refractivity contribution >= 4 is 20.1 Å². The number of carbonyl (C=O) groups excluding carboxylic acids is 2. The maximum absolute atomic E-state index is 11.8. The average Bonchev–Trinajstić information content (AvgIpc) is 2.63. The van der Waals surface area contributed by atoms with E-state index in [2.05, 4.69) is 0 Å². The van der Waals surface area contributed by atoms with Crippen molar-refractivity contribution in [3.8, 4) is 0 Å². The molecule has 10 nitrogen and oxygen atoms in total. The lowest BCUT2D eigenvalue weighted by atomic mass is 10.3. The van der Waals surface area contributed by atoms with Crippen LogP contribution in [0, 0.1) is 0 Å². The molecular weight excluding hydrogens is 381 g/mol. The van der Waals surface area contributed by atoms with E-state index in [-0.39, 0.29) is 39.6 Å². The normalized spacial score (nSPS) is 11.1. The molecular formula is C16H32NO9P. The highest BCUT2D eigenvalue weighted by Gasteiger charge is 2.18. The van der Waals surface area contributed by atoms with Crippen LogP contribution in [-0.4, -0.2) is 52.0 Å². The fourth-order valence-electron chi connectivity index (χ4n) is 1.71. The molecule has 0 heterocycles. The minimum Gasteiger partial charge on any atom is -0.434 e. The number of rotatable bonds is 16. The van der Waals surface area contributed by atoms with Crippen LogP contribution in [0.15, 0.2) is 0 Å². The van der Waals surface area contributed by atoms with Gasteiger partial charge in [0.25, 0.3) is 0 Å². The molecule has 0 aliphatic rings. The first-order chi connectivity index (χ1) is 12.9. The molecule has 2 N–H and O–H groups in total. The van der Waals surface area contributed by atoms with Gasteiger partial charge in [0.05, 0.1) is 26.4 Å². The topological polar surface area (TPSA) is 133 Å². The Hall–Kier alpha value is -1.35. The first kappa shape index (κ1) is 25.6. The van der Waals surface area contributed by atoms with Crippen LogP contribution in [0.3, 0.4) is 0 Å². The van der Waals surface area contributed by atoms with Crippen LogP contribution in [-0.2, 0) is 32.6 Å². The highest BCUT2D eigenvalue weighted by molar-refractivity contribution is 7.51. The first-order valence-electron chi connectivity index (χ1n) is 9.18. The number of unbranched alkanes of at least 4 members (excludes halogenated alkanes) is 4. The Bertz CT molecular complexity index is 412. The summed E-state index contributed by atoms with van der Waals surface area (Å²) in [5.74, 6) is 0. The lowest BCUT2D eigenvalue weighted by Gasteiger charge is -2.13. The summed E-state index contributed by atoms with van der Waals surface area (Å²) < 4.78 is 40.5. The second kappa shape index (κ2) is 16.8. The van der Waals surface area contributed by atoms with Gasteiger partial charge in [0.15, 0.2) is 0 Å². The highest BCUT2D eigenvalue weighted by atomic mass is 31.2. The van der Waals surface area contributed by atoms with Crippen LogP contribution in [0.25, 0.3) is 0 Å². The number of hydrogen-bond acceptors (Lipinski definition) is 9. The average molecular weight is 413 g/mol. The van der Waals surface area contributed by atoms with Gasteiger partial charge in [0, 0.05) is 0 Å². The zero-order chi connectivity index (χ0) is 20.4. The second-order valence-electron chi connectivity index (χ2n) is 5.51. The number of carbonyl (C=O) groups is 2.